The van der Waals surface area contributed by atoms with E-state index < -0.39 is 0 Å². The lowest BCUT2D eigenvalue weighted by molar-refractivity contribution is -0.135. The Morgan fingerprint density at radius 1 is 1.24 bits per heavy atom. The summed E-state index contributed by atoms with van der Waals surface area (Å²) in [6, 6.07) is 8.53. The van der Waals surface area contributed by atoms with Crippen LogP contribution in [-0.2, 0) is 11.2 Å². The Balaban J connectivity index is 0.00000132. The number of benzene rings is 1. The Labute approximate surface area is 210 Å². The van der Waals surface area contributed by atoms with Gasteiger partial charge in [-0.05, 0) is 43.4 Å². The van der Waals surface area contributed by atoms with Crippen LogP contribution in [0.25, 0.3) is 0 Å². The van der Waals surface area contributed by atoms with Crippen molar-refractivity contribution in [3.63, 3.8) is 0 Å². The second-order valence-corrected chi connectivity index (χ2v) is 9.00. The Morgan fingerprint density at radius 2 is 1.91 bits per heavy atom. The van der Waals surface area contributed by atoms with Gasteiger partial charge in [0.05, 0.1) is 0 Å². The molecule has 1 amide bonds. The molecule has 1 heterocycles. The maximum absolute atomic E-state index is 12.6. The molecule has 1 aromatic carbocycles. The number of hydrogen-bond donors (Lipinski definition) is 1. The van der Waals surface area contributed by atoms with Gasteiger partial charge in [0.1, 0.15) is 0 Å². The van der Waals surface area contributed by atoms with Crippen molar-refractivity contribution in [2.75, 3.05) is 13.7 Å². The standard InChI is InChI=1S/C25H26NO.C3H8.C2H6.CH4O.H2/c1-4-21-10-11-26(25(27)17(2)3)24(21)15-19-7-5-6-18(12-19)8-9-20-13-22-16-23(22)14-20;1-3-2;2*1-2;/h1,5-7,12,16-17,20-21,24H,10-11,13-15H2,2-3H3;3H2,1-2H3;1-2H3;2H,1H3;1H. The topological polar surface area (TPSA) is 40.5 Å². The van der Waals surface area contributed by atoms with E-state index in [0.717, 1.165) is 44.9 Å². The lowest BCUT2D eigenvalue weighted by atomic mass is 9.93. The molecule has 1 aliphatic heterocycles. The lowest BCUT2D eigenvalue weighted by Gasteiger charge is -2.28. The molecule has 0 aromatic heterocycles. The third-order valence-corrected chi connectivity index (χ3v) is 5.94. The molecule has 3 aliphatic rings. The van der Waals surface area contributed by atoms with E-state index in [0.29, 0.717) is 5.92 Å². The van der Waals surface area contributed by atoms with Crippen LogP contribution in [0.15, 0.2) is 35.9 Å². The van der Waals surface area contributed by atoms with Crippen LogP contribution >= 0.6 is 0 Å². The van der Waals surface area contributed by atoms with Crippen molar-refractivity contribution in [2.45, 2.75) is 79.7 Å². The zero-order valence-corrected chi connectivity index (χ0v) is 22.3. The van der Waals surface area contributed by atoms with Crippen molar-refractivity contribution < 1.29 is 11.3 Å². The normalized spacial score (nSPS) is 21.7. The first-order chi connectivity index (χ1) is 16.5. The minimum atomic E-state index is 0. The van der Waals surface area contributed by atoms with Crippen LogP contribution in [0.2, 0.25) is 0 Å². The van der Waals surface area contributed by atoms with Gasteiger partial charge >= 0.3 is 0 Å². The second-order valence-electron chi connectivity index (χ2n) is 9.00. The van der Waals surface area contributed by atoms with Crippen molar-refractivity contribution in [2.24, 2.45) is 17.8 Å². The summed E-state index contributed by atoms with van der Waals surface area (Å²) in [5.41, 5.74) is 3.80. The molecule has 0 bridgehead atoms. The summed E-state index contributed by atoms with van der Waals surface area (Å²) in [4.78, 5) is 14.6. The van der Waals surface area contributed by atoms with Crippen molar-refractivity contribution in [3.8, 4) is 24.2 Å². The number of rotatable bonds is 3. The maximum atomic E-state index is 12.6. The number of likely N-dealkylation sites (tertiary alicyclic amines) is 1. The maximum Gasteiger partial charge on any atom is 0.225 e. The number of amides is 1. The minimum Gasteiger partial charge on any atom is -0.400 e. The smallest absolute Gasteiger partial charge is 0.225 e. The molecule has 4 rings (SSSR count). The number of terminal acetylenes is 1. The first-order valence-electron chi connectivity index (χ1n) is 12.8. The molecule has 3 unspecified atom stereocenters. The highest BCUT2D eigenvalue weighted by atomic mass is 16.2. The summed E-state index contributed by atoms with van der Waals surface area (Å²) >= 11 is 0. The Hall–Kier alpha value is -2.49. The number of fused-ring (bicyclic) bond motifs is 1. The molecule has 1 radical (unpaired) electrons. The molecule has 3 nitrogen and oxygen atoms in total. The van der Waals surface area contributed by atoms with E-state index >= 15 is 0 Å². The number of carbonyl (C=O) groups excluding carboxylic acids is 1. The highest BCUT2D eigenvalue weighted by Gasteiger charge is 2.37. The van der Waals surface area contributed by atoms with Gasteiger partial charge in [-0.25, -0.2) is 0 Å². The molecule has 2 fully saturated rings. The van der Waals surface area contributed by atoms with Crippen molar-refractivity contribution in [3.05, 3.63) is 53.0 Å². The predicted molar refractivity (Wildman–Crippen MR) is 146 cm³/mol. The van der Waals surface area contributed by atoms with Crippen LogP contribution in [0.1, 0.15) is 79.8 Å². The van der Waals surface area contributed by atoms with Gasteiger partial charge in [0.2, 0.25) is 5.91 Å². The predicted octanol–water partition coefficient (Wildman–Crippen LogP) is 6.31. The monoisotopic (exact) mass is 464 g/mol. The molecule has 187 valence electrons. The summed E-state index contributed by atoms with van der Waals surface area (Å²) in [6.45, 7) is 12.9. The highest BCUT2D eigenvalue weighted by Crippen LogP contribution is 2.49. The van der Waals surface area contributed by atoms with Gasteiger partial charge in [-0.3, -0.25) is 4.79 Å². The molecular weight excluding hydrogens is 418 g/mol. The Morgan fingerprint density at radius 3 is 2.47 bits per heavy atom. The summed E-state index contributed by atoms with van der Waals surface area (Å²) in [6.07, 6.45) is 13.2. The fourth-order valence-corrected chi connectivity index (χ4v) is 4.37. The third kappa shape index (κ3) is 8.38. The third-order valence-electron chi connectivity index (χ3n) is 5.94. The van der Waals surface area contributed by atoms with Gasteiger partial charge in [-0.1, -0.05) is 83.6 Å². The second kappa shape index (κ2) is 15.4. The Kier molecular flexibility index (Phi) is 13.4. The van der Waals surface area contributed by atoms with Gasteiger partial charge in [0.25, 0.3) is 0 Å². The minimum absolute atomic E-state index is 0. The van der Waals surface area contributed by atoms with Gasteiger partial charge in [-0.2, -0.15) is 0 Å². The average molecular weight is 465 g/mol. The van der Waals surface area contributed by atoms with Crippen molar-refractivity contribution in [1.82, 2.24) is 4.90 Å². The van der Waals surface area contributed by atoms with Gasteiger partial charge in [-0.15, -0.1) is 12.3 Å². The van der Waals surface area contributed by atoms with E-state index in [4.69, 9.17) is 11.5 Å². The molecular formula is C31H46NO2. The number of allylic oxidation sites excluding steroid dienone is 2. The Bertz CT molecular complexity index is 903. The van der Waals surface area contributed by atoms with Crippen LogP contribution in [-0.4, -0.2) is 35.6 Å². The number of nitrogens with zero attached hydrogens (tertiary/aromatic N) is 1. The van der Waals surface area contributed by atoms with Gasteiger partial charge in [0.15, 0.2) is 0 Å². The number of aliphatic hydroxyl groups excluding tert-OH is 1. The zero-order chi connectivity index (χ0) is 25.7. The van der Waals surface area contributed by atoms with Crippen LogP contribution in [0.4, 0.5) is 0 Å². The number of aliphatic hydroxyl groups is 1. The van der Waals surface area contributed by atoms with E-state index in [1.807, 2.05) is 32.6 Å². The van der Waals surface area contributed by atoms with Gasteiger partial charge in [0, 0.05) is 50.4 Å². The van der Waals surface area contributed by atoms with E-state index in [1.165, 1.54) is 23.5 Å². The average Bonchev–Trinajstić information content (AvgIpc) is 3.27. The van der Waals surface area contributed by atoms with E-state index in [9.17, 15) is 4.79 Å². The molecule has 1 N–H and O–H groups in total. The molecule has 2 aliphatic carbocycles. The van der Waals surface area contributed by atoms with E-state index in [1.54, 1.807) is 0 Å². The molecule has 1 saturated carbocycles. The summed E-state index contributed by atoms with van der Waals surface area (Å²) in [5.74, 6) is 12.1. The first-order valence-corrected chi connectivity index (χ1v) is 12.8. The quantitative estimate of drug-likeness (QED) is 0.533. The number of hydrogen-bond acceptors (Lipinski definition) is 2. The van der Waals surface area contributed by atoms with E-state index in [-0.39, 0.29) is 25.2 Å². The van der Waals surface area contributed by atoms with Crippen LogP contribution < -0.4 is 0 Å². The fraction of sp³-hybridized carbons (Fsp3) is 0.548. The van der Waals surface area contributed by atoms with Crippen LogP contribution in [0.3, 0.4) is 0 Å². The van der Waals surface area contributed by atoms with Crippen molar-refractivity contribution >= 4 is 5.91 Å². The van der Waals surface area contributed by atoms with Crippen molar-refractivity contribution in [1.29, 1.82) is 0 Å². The van der Waals surface area contributed by atoms with Crippen LogP contribution in [0, 0.1) is 47.9 Å². The zero-order valence-electron chi connectivity index (χ0n) is 22.3. The number of carbonyl (C=O) groups is 1. The highest BCUT2D eigenvalue weighted by molar-refractivity contribution is 5.79. The molecule has 3 atom stereocenters. The molecule has 3 heteroatoms. The van der Waals surface area contributed by atoms with E-state index in [2.05, 4.69) is 62.0 Å². The first kappa shape index (κ1) is 29.5. The summed E-state index contributed by atoms with van der Waals surface area (Å²) < 4.78 is 0. The molecule has 1 aromatic rings. The molecule has 0 spiro atoms. The fourth-order valence-electron chi connectivity index (χ4n) is 4.37. The largest absolute Gasteiger partial charge is 0.400 e. The van der Waals surface area contributed by atoms with Crippen LogP contribution in [0.5, 0.6) is 0 Å². The lowest BCUT2D eigenvalue weighted by Crippen LogP contribution is -2.41. The molecule has 1 saturated heterocycles. The summed E-state index contributed by atoms with van der Waals surface area (Å²) in [5, 5.41) is 7.00. The summed E-state index contributed by atoms with van der Waals surface area (Å²) in [7, 11) is 1.00. The van der Waals surface area contributed by atoms with Gasteiger partial charge < -0.3 is 10.0 Å². The molecule has 34 heavy (non-hydrogen) atoms. The SMILES string of the molecule is C#CC1CCN(C(=O)C(C)C)C1Cc1cccc(C#CC2C[C]3C=C3C2)c1.CC.CCC.CO.[HH].